The van der Waals surface area contributed by atoms with Gasteiger partial charge in [-0.15, -0.1) is 0 Å². The van der Waals surface area contributed by atoms with Gasteiger partial charge in [-0.25, -0.2) is 13.8 Å². The summed E-state index contributed by atoms with van der Waals surface area (Å²) < 4.78 is 25.4. The van der Waals surface area contributed by atoms with Crippen molar-refractivity contribution in [3.8, 4) is 17.2 Å². The minimum atomic E-state index is -2.70. The van der Waals surface area contributed by atoms with Crippen LogP contribution in [0.25, 0.3) is 11.1 Å². The smallest absolute Gasteiger partial charge is 0.264 e. The van der Waals surface area contributed by atoms with Crippen LogP contribution in [0.2, 0.25) is 0 Å². The van der Waals surface area contributed by atoms with Crippen molar-refractivity contribution in [2.24, 2.45) is 0 Å². The van der Waals surface area contributed by atoms with E-state index in [1.807, 2.05) is 6.92 Å². The molecular weight excluding hydrogens is 236 g/mol. The Kier molecular flexibility index (Phi) is 3.28. The van der Waals surface area contributed by atoms with Gasteiger partial charge < -0.3 is 0 Å². The van der Waals surface area contributed by atoms with E-state index in [1.54, 1.807) is 24.5 Å². The molecule has 2 aromatic rings. The summed E-state index contributed by atoms with van der Waals surface area (Å²) in [6.07, 6.45) is 0.509. The summed E-state index contributed by atoms with van der Waals surface area (Å²) in [7, 11) is 0. The van der Waals surface area contributed by atoms with Crippen molar-refractivity contribution in [3.05, 3.63) is 47.5 Å². The van der Waals surface area contributed by atoms with Crippen LogP contribution in [0.4, 0.5) is 8.78 Å². The molecule has 18 heavy (non-hydrogen) atoms. The van der Waals surface area contributed by atoms with Gasteiger partial charge in [0.1, 0.15) is 17.5 Å². The predicted octanol–water partition coefficient (Wildman–Crippen LogP) is 3.26. The summed E-state index contributed by atoms with van der Waals surface area (Å²) in [5.41, 5.74) is 1.74. The standard InChI is InChI=1S/C13H9F2N3/c1-8-2-3-17-7-11(8)9-4-10(6-16)18-12(5-9)13(14)15/h2-5,7,13H,1H3. The summed E-state index contributed by atoms with van der Waals surface area (Å²) in [5, 5.41) is 8.81. The summed E-state index contributed by atoms with van der Waals surface area (Å²) >= 11 is 0. The van der Waals surface area contributed by atoms with Gasteiger partial charge in [-0.1, -0.05) is 0 Å². The van der Waals surface area contributed by atoms with Gasteiger partial charge in [0.2, 0.25) is 0 Å². The second-order valence-corrected chi connectivity index (χ2v) is 3.77. The van der Waals surface area contributed by atoms with Crippen LogP contribution in [0.1, 0.15) is 23.4 Å². The van der Waals surface area contributed by atoms with Gasteiger partial charge in [0.25, 0.3) is 6.43 Å². The number of rotatable bonds is 2. The maximum absolute atomic E-state index is 12.7. The molecule has 5 heteroatoms. The van der Waals surface area contributed by atoms with Gasteiger partial charge in [0.05, 0.1) is 0 Å². The Morgan fingerprint density at radius 1 is 1.33 bits per heavy atom. The second-order valence-electron chi connectivity index (χ2n) is 3.77. The van der Waals surface area contributed by atoms with E-state index in [0.717, 1.165) is 11.1 Å². The molecule has 2 rings (SSSR count). The molecule has 0 saturated heterocycles. The van der Waals surface area contributed by atoms with Crippen molar-refractivity contribution in [2.45, 2.75) is 13.3 Å². The molecule has 0 fully saturated rings. The molecule has 0 unspecified atom stereocenters. The van der Waals surface area contributed by atoms with Crippen LogP contribution in [-0.4, -0.2) is 9.97 Å². The molecule has 90 valence electrons. The fourth-order valence-electron chi connectivity index (χ4n) is 1.64. The molecule has 3 nitrogen and oxygen atoms in total. The fraction of sp³-hybridized carbons (Fsp3) is 0.154. The minimum absolute atomic E-state index is 0.0222. The van der Waals surface area contributed by atoms with Crippen molar-refractivity contribution in [2.75, 3.05) is 0 Å². The van der Waals surface area contributed by atoms with Crippen molar-refractivity contribution in [1.82, 2.24) is 9.97 Å². The monoisotopic (exact) mass is 245 g/mol. The Morgan fingerprint density at radius 2 is 2.11 bits per heavy atom. The molecule has 0 radical (unpaired) electrons. The Hall–Kier alpha value is -2.35. The summed E-state index contributed by atoms with van der Waals surface area (Å²) in [6.45, 7) is 1.85. The van der Waals surface area contributed by atoms with Gasteiger partial charge in [0.15, 0.2) is 0 Å². The lowest BCUT2D eigenvalue weighted by Crippen LogP contribution is -1.96. The number of aromatic nitrogens is 2. The highest BCUT2D eigenvalue weighted by atomic mass is 19.3. The molecule has 0 saturated carbocycles. The van der Waals surface area contributed by atoms with Crippen molar-refractivity contribution < 1.29 is 8.78 Å². The minimum Gasteiger partial charge on any atom is -0.264 e. The lowest BCUT2D eigenvalue weighted by Gasteiger charge is -2.07. The SMILES string of the molecule is Cc1ccncc1-c1cc(C#N)nc(C(F)F)c1. The van der Waals surface area contributed by atoms with E-state index in [0.29, 0.717) is 5.56 Å². The highest BCUT2D eigenvalue weighted by molar-refractivity contribution is 5.67. The van der Waals surface area contributed by atoms with E-state index in [2.05, 4.69) is 9.97 Å². The molecule has 0 aliphatic heterocycles. The van der Waals surface area contributed by atoms with Gasteiger partial charge in [0, 0.05) is 18.0 Å². The number of aryl methyl sites for hydroxylation is 1. The molecule has 0 aliphatic rings. The molecule has 0 aromatic carbocycles. The predicted molar refractivity (Wildman–Crippen MR) is 61.9 cm³/mol. The number of hydrogen-bond donors (Lipinski definition) is 0. The Labute approximate surface area is 103 Å². The third kappa shape index (κ3) is 2.33. The first-order chi connectivity index (χ1) is 8.61. The number of nitrogens with zero attached hydrogens (tertiary/aromatic N) is 3. The molecule has 0 N–H and O–H groups in total. The highest BCUT2D eigenvalue weighted by Crippen LogP contribution is 2.26. The first-order valence-electron chi connectivity index (χ1n) is 5.23. The van der Waals surface area contributed by atoms with Crippen LogP contribution in [0.15, 0.2) is 30.6 Å². The third-order valence-corrected chi connectivity index (χ3v) is 2.53. The van der Waals surface area contributed by atoms with Crippen molar-refractivity contribution in [3.63, 3.8) is 0 Å². The van der Waals surface area contributed by atoms with Gasteiger partial charge >= 0.3 is 0 Å². The number of halogens is 2. The molecule has 0 spiro atoms. The molecule has 0 aliphatic carbocycles. The number of alkyl halides is 2. The lowest BCUT2D eigenvalue weighted by molar-refractivity contribution is 0.146. The number of nitriles is 1. The first-order valence-corrected chi connectivity index (χ1v) is 5.23. The van der Waals surface area contributed by atoms with Crippen LogP contribution in [0, 0.1) is 18.3 Å². The quantitative estimate of drug-likeness (QED) is 0.815. The van der Waals surface area contributed by atoms with Crippen LogP contribution in [0.5, 0.6) is 0 Å². The average molecular weight is 245 g/mol. The topological polar surface area (TPSA) is 49.6 Å². The summed E-state index contributed by atoms with van der Waals surface area (Å²) in [5.74, 6) is 0. The molecular formula is C13H9F2N3. The molecule has 0 amide bonds. The zero-order valence-electron chi connectivity index (χ0n) is 9.56. The lowest BCUT2D eigenvalue weighted by atomic mass is 10.0. The number of pyridine rings is 2. The van der Waals surface area contributed by atoms with E-state index in [-0.39, 0.29) is 5.69 Å². The molecule has 0 atom stereocenters. The van der Waals surface area contributed by atoms with Crippen LogP contribution in [0.3, 0.4) is 0 Å². The van der Waals surface area contributed by atoms with Crippen molar-refractivity contribution in [1.29, 1.82) is 5.26 Å². The van der Waals surface area contributed by atoms with Gasteiger partial charge in [-0.3, -0.25) is 4.98 Å². The van der Waals surface area contributed by atoms with Crippen molar-refractivity contribution >= 4 is 0 Å². The molecule has 2 aromatic heterocycles. The van der Waals surface area contributed by atoms with Crippen LogP contribution in [-0.2, 0) is 0 Å². The van der Waals surface area contributed by atoms with E-state index < -0.39 is 12.1 Å². The van der Waals surface area contributed by atoms with E-state index >= 15 is 0 Å². The molecule has 2 heterocycles. The van der Waals surface area contributed by atoms with Gasteiger partial charge in [-0.2, -0.15) is 5.26 Å². The fourth-order valence-corrected chi connectivity index (χ4v) is 1.64. The Balaban J connectivity index is 2.62. The average Bonchev–Trinajstić information content (AvgIpc) is 2.38. The van der Waals surface area contributed by atoms with E-state index in [1.165, 1.54) is 12.1 Å². The van der Waals surface area contributed by atoms with Crippen LogP contribution < -0.4 is 0 Å². The zero-order valence-corrected chi connectivity index (χ0v) is 9.56. The number of hydrogen-bond acceptors (Lipinski definition) is 3. The van der Waals surface area contributed by atoms with E-state index in [9.17, 15) is 8.78 Å². The zero-order chi connectivity index (χ0) is 13.1. The summed E-state index contributed by atoms with van der Waals surface area (Å²) in [4.78, 5) is 7.54. The highest BCUT2D eigenvalue weighted by Gasteiger charge is 2.13. The maximum atomic E-state index is 12.7. The Bertz CT molecular complexity index is 618. The maximum Gasteiger partial charge on any atom is 0.280 e. The third-order valence-electron chi connectivity index (χ3n) is 2.53. The first kappa shape index (κ1) is 12.1. The molecule has 0 bridgehead atoms. The second kappa shape index (κ2) is 4.88. The Morgan fingerprint density at radius 3 is 2.72 bits per heavy atom. The normalized spacial score (nSPS) is 10.4. The van der Waals surface area contributed by atoms with Crippen LogP contribution >= 0.6 is 0 Å². The summed E-state index contributed by atoms with van der Waals surface area (Å²) in [6, 6.07) is 6.34. The largest absolute Gasteiger partial charge is 0.280 e. The van der Waals surface area contributed by atoms with E-state index in [4.69, 9.17) is 5.26 Å². The van der Waals surface area contributed by atoms with Gasteiger partial charge in [-0.05, 0) is 36.2 Å².